The number of hydrogen-bond donors (Lipinski definition) is 1. The Morgan fingerprint density at radius 3 is 2.74 bits per heavy atom. The second-order valence-corrected chi connectivity index (χ2v) is 6.81. The van der Waals surface area contributed by atoms with Gasteiger partial charge in [-0.1, -0.05) is 37.3 Å². The van der Waals surface area contributed by atoms with Crippen LogP contribution in [0.1, 0.15) is 23.8 Å². The number of carboxylic acid groups (broad SMARTS) is 1. The quantitative estimate of drug-likeness (QED) is 0.528. The molecular weight excluding hydrogens is 362 g/mol. The Morgan fingerprint density at radius 2 is 2.04 bits per heavy atom. The average Bonchev–Trinajstić information content (AvgIpc) is 3.31. The third kappa shape index (κ3) is 3.29. The molecule has 2 aromatic heterocycles. The van der Waals surface area contributed by atoms with Crippen LogP contribution in [0, 0.1) is 0 Å². The molecule has 4 aromatic rings. The molecule has 2 aromatic carbocycles. The smallest absolute Gasteiger partial charge is 0.355 e. The minimum Gasteiger partial charge on any atom is -0.494 e. The van der Waals surface area contributed by atoms with Gasteiger partial charge < -0.3 is 9.84 Å². The van der Waals surface area contributed by atoms with Gasteiger partial charge in [-0.2, -0.15) is 5.10 Å². The van der Waals surface area contributed by atoms with Crippen LogP contribution in [0.2, 0.25) is 0 Å². The van der Waals surface area contributed by atoms with Crippen molar-refractivity contribution in [1.82, 2.24) is 14.8 Å². The molecule has 0 radical (unpaired) electrons. The second kappa shape index (κ2) is 7.20. The molecule has 4 rings (SSSR count). The molecule has 2 heterocycles. The van der Waals surface area contributed by atoms with Gasteiger partial charge in [-0.3, -0.25) is 0 Å². The minimum absolute atomic E-state index is 0.0123. The van der Waals surface area contributed by atoms with Gasteiger partial charge in [0.15, 0.2) is 5.69 Å². The molecule has 1 N–H and O–H groups in total. The first kappa shape index (κ1) is 17.2. The number of rotatable bonds is 6. The number of aromatic nitrogens is 3. The summed E-state index contributed by atoms with van der Waals surface area (Å²) in [6, 6.07) is 15.7. The predicted molar refractivity (Wildman–Crippen MR) is 105 cm³/mol. The molecule has 0 aliphatic carbocycles. The molecule has 0 atom stereocenters. The summed E-state index contributed by atoms with van der Waals surface area (Å²) in [5.41, 5.74) is 2.64. The predicted octanol–water partition coefficient (Wildman–Crippen LogP) is 4.64. The molecule has 136 valence electrons. The maximum absolute atomic E-state index is 11.2. The molecule has 0 aliphatic rings. The number of benzene rings is 2. The van der Waals surface area contributed by atoms with Gasteiger partial charge in [0.05, 0.1) is 12.1 Å². The summed E-state index contributed by atoms with van der Waals surface area (Å²) in [6.07, 6.45) is 0.918. The first-order valence-electron chi connectivity index (χ1n) is 8.57. The van der Waals surface area contributed by atoms with Gasteiger partial charge in [0.2, 0.25) is 5.13 Å². The number of thiazole rings is 1. The molecule has 0 spiro atoms. The average molecular weight is 379 g/mol. The Kier molecular flexibility index (Phi) is 4.60. The molecule has 0 bridgehead atoms. The molecule has 0 fully saturated rings. The minimum atomic E-state index is -1.05. The van der Waals surface area contributed by atoms with E-state index in [1.807, 2.05) is 48.5 Å². The summed E-state index contributed by atoms with van der Waals surface area (Å²) in [4.78, 5) is 15.4. The van der Waals surface area contributed by atoms with E-state index in [2.05, 4.69) is 11.9 Å². The van der Waals surface area contributed by atoms with Gasteiger partial charge in [0.1, 0.15) is 11.4 Å². The van der Waals surface area contributed by atoms with Crippen LogP contribution in [-0.2, 0) is 0 Å². The fourth-order valence-electron chi connectivity index (χ4n) is 2.82. The first-order chi connectivity index (χ1) is 13.2. The molecule has 6 nitrogen and oxygen atoms in total. The fraction of sp³-hybridized carbons (Fsp3) is 0.150. The Labute approximate surface area is 159 Å². The maximum Gasteiger partial charge on any atom is 0.355 e. The van der Waals surface area contributed by atoms with Gasteiger partial charge >= 0.3 is 5.97 Å². The number of carbonyl (C=O) groups is 1. The lowest BCUT2D eigenvalue weighted by molar-refractivity contribution is 0.0691. The summed E-state index contributed by atoms with van der Waals surface area (Å²) >= 11 is 1.25. The van der Waals surface area contributed by atoms with Crippen LogP contribution in [0.5, 0.6) is 5.75 Å². The molecule has 0 saturated carbocycles. The van der Waals surface area contributed by atoms with E-state index in [1.54, 1.807) is 4.68 Å². The lowest BCUT2D eigenvalue weighted by atomic mass is 10.1. The first-order valence-corrected chi connectivity index (χ1v) is 9.45. The van der Waals surface area contributed by atoms with Gasteiger partial charge in [-0.05, 0) is 18.6 Å². The van der Waals surface area contributed by atoms with Crippen molar-refractivity contribution in [3.8, 4) is 22.1 Å². The summed E-state index contributed by atoms with van der Waals surface area (Å²) in [5, 5.41) is 16.9. The molecular formula is C20H17N3O3S. The topological polar surface area (TPSA) is 77.2 Å². The van der Waals surface area contributed by atoms with Crippen molar-refractivity contribution in [2.75, 3.05) is 6.61 Å². The Balaban J connectivity index is 1.90. The van der Waals surface area contributed by atoms with E-state index < -0.39 is 5.97 Å². The lowest BCUT2D eigenvalue weighted by Gasteiger charge is -2.05. The van der Waals surface area contributed by atoms with E-state index in [9.17, 15) is 9.90 Å². The van der Waals surface area contributed by atoms with E-state index in [0.29, 0.717) is 11.7 Å². The van der Waals surface area contributed by atoms with Gasteiger partial charge in [0.25, 0.3) is 0 Å². The van der Waals surface area contributed by atoms with Crippen molar-refractivity contribution in [1.29, 1.82) is 0 Å². The van der Waals surface area contributed by atoms with E-state index in [1.165, 1.54) is 16.7 Å². The van der Waals surface area contributed by atoms with Crippen LogP contribution >= 0.6 is 11.3 Å². The molecule has 0 amide bonds. The van der Waals surface area contributed by atoms with Crippen LogP contribution in [-0.4, -0.2) is 32.4 Å². The molecule has 27 heavy (non-hydrogen) atoms. The zero-order valence-corrected chi connectivity index (χ0v) is 15.4. The second-order valence-electron chi connectivity index (χ2n) is 5.97. The van der Waals surface area contributed by atoms with Crippen molar-refractivity contribution in [2.24, 2.45) is 0 Å². The maximum atomic E-state index is 11.2. The van der Waals surface area contributed by atoms with Crippen LogP contribution in [0.3, 0.4) is 0 Å². The van der Waals surface area contributed by atoms with E-state index in [-0.39, 0.29) is 5.69 Å². The number of fused-ring (bicyclic) bond motifs is 1. The highest BCUT2D eigenvalue weighted by molar-refractivity contribution is 7.12. The van der Waals surface area contributed by atoms with E-state index in [4.69, 9.17) is 9.84 Å². The summed E-state index contributed by atoms with van der Waals surface area (Å²) in [5.74, 6) is -0.302. The summed E-state index contributed by atoms with van der Waals surface area (Å²) in [6.45, 7) is 2.69. The largest absolute Gasteiger partial charge is 0.494 e. The van der Waals surface area contributed by atoms with Crippen molar-refractivity contribution < 1.29 is 14.6 Å². The van der Waals surface area contributed by atoms with E-state index >= 15 is 0 Å². The summed E-state index contributed by atoms with van der Waals surface area (Å²) < 4.78 is 7.45. The van der Waals surface area contributed by atoms with Crippen molar-refractivity contribution in [3.05, 3.63) is 59.6 Å². The Hall–Kier alpha value is -3.19. The molecule has 0 unspecified atom stereocenters. The zero-order chi connectivity index (χ0) is 18.8. The molecule has 0 aliphatic heterocycles. The fourth-order valence-corrected chi connectivity index (χ4v) is 3.58. The lowest BCUT2D eigenvalue weighted by Crippen LogP contribution is -2.00. The van der Waals surface area contributed by atoms with Crippen molar-refractivity contribution in [3.63, 3.8) is 0 Å². The number of carboxylic acids is 1. The molecule has 0 saturated heterocycles. The van der Waals surface area contributed by atoms with Crippen molar-refractivity contribution in [2.45, 2.75) is 13.3 Å². The number of aromatic carboxylic acids is 1. The van der Waals surface area contributed by atoms with Gasteiger partial charge in [-0.15, -0.1) is 11.3 Å². The Morgan fingerprint density at radius 1 is 1.22 bits per heavy atom. The van der Waals surface area contributed by atoms with Crippen molar-refractivity contribution >= 4 is 28.2 Å². The van der Waals surface area contributed by atoms with Gasteiger partial charge in [0, 0.05) is 22.4 Å². The number of ether oxygens (including phenoxy) is 1. The van der Waals surface area contributed by atoms with Crippen LogP contribution in [0.15, 0.2) is 53.9 Å². The standard InChI is InChI=1S/C20H17N3O3S/c1-2-10-26-14-8-9-15-17(11-14)23(20-21-16(12-27-20)19(24)25)22-18(15)13-6-4-3-5-7-13/h3-9,11-12H,2,10H2,1H3,(H,24,25). The van der Waals surface area contributed by atoms with Crippen LogP contribution in [0.25, 0.3) is 27.3 Å². The highest BCUT2D eigenvalue weighted by Crippen LogP contribution is 2.33. The third-order valence-electron chi connectivity index (χ3n) is 4.06. The SMILES string of the molecule is CCCOc1ccc2c(-c3ccccc3)nn(-c3nc(C(=O)O)cs3)c2c1. The highest BCUT2D eigenvalue weighted by Gasteiger charge is 2.18. The summed E-state index contributed by atoms with van der Waals surface area (Å²) in [7, 11) is 0. The zero-order valence-electron chi connectivity index (χ0n) is 14.6. The normalized spacial score (nSPS) is 11.0. The van der Waals surface area contributed by atoms with Crippen LogP contribution < -0.4 is 4.74 Å². The van der Waals surface area contributed by atoms with Gasteiger partial charge in [-0.25, -0.2) is 14.5 Å². The number of hydrogen-bond acceptors (Lipinski definition) is 5. The van der Waals surface area contributed by atoms with E-state index in [0.717, 1.165) is 34.3 Å². The Bertz CT molecular complexity index is 1100. The highest BCUT2D eigenvalue weighted by atomic mass is 32.1. The third-order valence-corrected chi connectivity index (χ3v) is 4.88. The van der Waals surface area contributed by atoms with Crippen LogP contribution in [0.4, 0.5) is 0 Å². The molecule has 7 heteroatoms. The monoisotopic (exact) mass is 379 g/mol. The number of nitrogens with zero attached hydrogens (tertiary/aromatic N) is 3.